The second-order valence-corrected chi connectivity index (χ2v) is 9.65. The van der Waals surface area contributed by atoms with Crippen LogP contribution in [0.4, 0.5) is 5.82 Å². The molecule has 3 heterocycles. The third-order valence-corrected chi connectivity index (χ3v) is 6.20. The van der Waals surface area contributed by atoms with Gasteiger partial charge in [-0.05, 0) is 37.5 Å². The number of H-pyrrole nitrogens is 1. The fraction of sp³-hybridized carbons (Fsp3) is 0.333. The highest BCUT2D eigenvalue weighted by molar-refractivity contribution is 7.99. The van der Waals surface area contributed by atoms with Crippen LogP contribution in [0.5, 0.6) is 0 Å². The normalized spacial score (nSPS) is 11.9. The maximum Gasteiger partial charge on any atom is 0.190 e. The van der Waals surface area contributed by atoms with Gasteiger partial charge >= 0.3 is 0 Å². The van der Waals surface area contributed by atoms with Crippen molar-refractivity contribution in [2.24, 2.45) is 0 Å². The van der Waals surface area contributed by atoms with E-state index in [0.717, 1.165) is 33.5 Å². The van der Waals surface area contributed by atoms with Crippen molar-refractivity contribution < 1.29 is 5.11 Å². The highest BCUT2D eigenvalue weighted by Crippen LogP contribution is 2.29. The average Bonchev–Trinajstić information content (AvgIpc) is 3.21. The number of thioether (sulfide) groups is 1. The van der Waals surface area contributed by atoms with Crippen LogP contribution in [0.25, 0.3) is 22.3 Å². The summed E-state index contributed by atoms with van der Waals surface area (Å²) >= 11 is 1.44. The summed E-state index contributed by atoms with van der Waals surface area (Å²) in [4.78, 5) is 13.8. The first kappa shape index (κ1) is 22.2. The summed E-state index contributed by atoms with van der Waals surface area (Å²) in [7, 11) is 0. The predicted octanol–water partition coefficient (Wildman–Crippen LogP) is 5.01. The Labute approximate surface area is 192 Å². The van der Waals surface area contributed by atoms with Gasteiger partial charge in [0.2, 0.25) is 0 Å². The molecule has 0 bridgehead atoms. The van der Waals surface area contributed by atoms with E-state index in [1.54, 1.807) is 20.0 Å². The molecule has 0 aliphatic heterocycles. The summed E-state index contributed by atoms with van der Waals surface area (Å²) in [6.45, 7) is 8.38. The fourth-order valence-corrected chi connectivity index (χ4v) is 4.04. The first-order valence-electron chi connectivity index (χ1n) is 10.7. The van der Waals surface area contributed by atoms with Crippen LogP contribution < -0.4 is 5.32 Å². The number of benzene rings is 1. The van der Waals surface area contributed by atoms with Crippen LogP contribution in [-0.4, -0.2) is 41.6 Å². The number of aromatic nitrogens is 5. The van der Waals surface area contributed by atoms with Crippen LogP contribution in [0.2, 0.25) is 0 Å². The van der Waals surface area contributed by atoms with Crippen molar-refractivity contribution in [1.29, 1.82) is 0 Å². The highest BCUT2D eigenvalue weighted by Gasteiger charge is 2.19. The van der Waals surface area contributed by atoms with E-state index in [4.69, 9.17) is 9.97 Å². The fourth-order valence-electron chi connectivity index (χ4n) is 3.24. The lowest BCUT2D eigenvalue weighted by Crippen LogP contribution is -2.21. The predicted molar refractivity (Wildman–Crippen MR) is 130 cm³/mol. The number of hydrogen-bond acceptors (Lipinski definition) is 7. The van der Waals surface area contributed by atoms with E-state index in [1.807, 2.05) is 18.2 Å². The average molecular weight is 449 g/mol. The lowest BCUT2D eigenvalue weighted by atomic mass is 10.1. The highest BCUT2D eigenvalue weighted by atomic mass is 32.2. The molecule has 1 aromatic carbocycles. The first-order chi connectivity index (χ1) is 15.3. The molecule has 32 heavy (non-hydrogen) atoms. The molecule has 0 unspecified atom stereocenters. The molecule has 0 saturated carbocycles. The number of rotatable bonds is 8. The van der Waals surface area contributed by atoms with E-state index in [9.17, 15) is 5.11 Å². The molecule has 7 nitrogen and oxygen atoms in total. The molecule has 0 amide bonds. The topological polar surface area (TPSA) is 99.6 Å². The van der Waals surface area contributed by atoms with Crippen LogP contribution in [-0.2, 0) is 6.54 Å². The van der Waals surface area contributed by atoms with Crippen molar-refractivity contribution in [2.45, 2.75) is 50.9 Å². The molecule has 0 radical (unpaired) electrons. The SMILES string of the molecule is CC(C)c1[nH]nc2c(NCc3ccc(-c4ccccn4)cc3)nc(SCC(C)(C)O)nc12. The van der Waals surface area contributed by atoms with Gasteiger partial charge in [-0.15, -0.1) is 0 Å². The van der Waals surface area contributed by atoms with Crippen molar-refractivity contribution in [1.82, 2.24) is 25.1 Å². The van der Waals surface area contributed by atoms with Gasteiger partial charge in [0.1, 0.15) is 5.52 Å². The second-order valence-electron chi connectivity index (χ2n) is 8.71. The van der Waals surface area contributed by atoms with Crippen molar-refractivity contribution in [3.05, 3.63) is 59.9 Å². The minimum absolute atomic E-state index is 0.258. The van der Waals surface area contributed by atoms with E-state index in [2.05, 4.69) is 58.6 Å². The molecule has 0 aliphatic rings. The van der Waals surface area contributed by atoms with Gasteiger partial charge in [0.05, 0.1) is 17.0 Å². The zero-order valence-electron chi connectivity index (χ0n) is 18.8. The minimum Gasteiger partial charge on any atom is -0.390 e. The molecule has 0 saturated heterocycles. The Morgan fingerprint density at radius 2 is 1.84 bits per heavy atom. The van der Waals surface area contributed by atoms with Gasteiger partial charge in [0.25, 0.3) is 0 Å². The molecular weight excluding hydrogens is 420 g/mol. The largest absolute Gasteiger partial charge is 0.390 e. The number of aromatic amines is 1. The van der Waals surface area contributed by atoms with Crippen LogP contribution in [0.1, 0.15) is 44.9 Å². The zero-order valence-corrected chi connectivity index (χ0v) is 19.6. The number of anilines is 1. The lowest BCUT2D eigenvalue weighted by Gasteiger charge is -2.16. The van der Waals surface area contributed by atoms with Crippen LogP contribution in [0, 0.1) is 0 Å². The molecule has 4 aromatic rings. The van der Waals surface area contributed by atoms with Gasteiger partial charge in [0.15, 0.2) is 16.5 Å². The van der Waals surface area contributed by atoms with Crippen molar-refractivity contribution >= 4 is 28.6 Å². The van der Waals surface area contributed by atoms with Crippen LogP contribution in [0.3, 0.4) is 0 Å². The Kier molecular flexibility index (Phi) is 6.43. The molecule has 8 heteroatoms. The minimum atomic E-state index is -0.802. The number of aliphatic hydroxyl groups is 1. The lowest BCUT2D eigenvalue weighted by molar-refractivity contribution is 0.107. The number of pyridine rings is 1. The van der Waals surface area contributed by atoms with E-state index < -0.39 is 5.60 Å². The third kappa shape index (κ3) is 5.26. The maximum atomic E-state index is 10.1. The summed E-state index contributed by atoms with van der Waals surface area (Å²) in [6.07, 6.45) is 1.80. The Morgan fingerprint density at radius 3 is 2.50 bits per heavy atom. The molecular formula is C24H28N6OS. The van der Waals surface area contributed by atoms with E-state index in [1.165, 1.54) is 11.8 Å². The van der Waals surface area contributed by atoms with Crippen molar-refractivity contribution in [3.8, 4) is 11.3 Å². The van der Waals surface area contributed by atoms with Gasteiger partial charge in [-0.1, -0.05) is 55.9 Å². The molecule has 0 fully saturated rings. The van der Waals surface area contributed by atoms with Crippen molar-refractivity contribution in [3.63, 3.8) is 0 Å². The molecule has 3 N–H and O–H groups in total. The standard InChI is InChI=1S/C24H28N6OS/c1-15(2)19-20-21(30-29-19)22(28-23(27-20)32-14-24(3,4)31)26-13-16-8-10-17(11-9-16)18-7-5-6-12-25-18/h5-12,15,31H,13-14H2,1-4H3,(H,29,30)(H,26,27,28). The Balaban J connectivity index is 1.57. The quantitative estimate of drug-likeness (QED) is 0.257. The van der Waals surface area contributed by atoms with Gasteiger partial charge in [-0.3, -0.25) is 10.1 Å². The van der Waals surface area contributed by atoms with Crippen LogP contribution in [0.15, 0.2) is 53.8 Å². The van der Waals surface area contributed by atoms with Gasteiger partial charge in [-0.2, -0.15) is 5.10 Å². The molecule has 4 rings (SSSR count). The number of hydrogen-bond donors (Lipinski definition) is 3. The van der Waals surface area contributed by atoms with E-state index >= 15 is 0 Å². The molecule has 166 valence electrons. The molecule has 0 aliphatic carbocycles. The molecule has 0 atom stereocenters. The summed E-state index contributed by atoms with van der Waals surface area (Å²) in [6, 6.07) is 14.2. The maximum absolute atomic E-state index is 10.1. The Hall–Kier alpha value is -2.97. The Morgan fingerprint density at radius 1 is 1.06 bits per heavy atom. The summed E-state index contributed by atoms with van der Waals surface area (Å²) in [5.74, 6) is 1.45. The number of nitrogens with one attached hydrogen (secondary N) is 2. The summed E-state index contributed by atoms with van der Waals surface area (Å²) in [5, 5.41) is 21.8. The number of nitrogens with zero attached hydrogens (tertiary/aromatic N) is 4. The number of fused-ring (bicyclic) bond motifs is 1. The monoisotopic (exact) mass is 448 g/mol. The smallest absolute Gasteiger partial charge is 0.190 e. The van der Waals surface area contributed by atoms with Crippen molar-refractivity contribution in [2.75, 3.05) is 11.1 Å². The van der Waals surface area contributed by atoms with E-state index in [0.29, 0.717) is 23.3 Å². The second kappa shape index (κ2) is 9.26. The molecule has 3 aromatic heterocycles. The summed E-state index contributed by atoms with van der Waals surface area (Å²) < 4.78 is 0. The first-order valence-corrected chi connectivity index (χ1v) is 11.6. The van der Waals surface area contributed by atoms with Gasteiger partial charge in [0, 0.05) is 24.1 Å². The van der Waals surface area contributed by atoms with E-state index in [-0.39, 0.29) is 5.92 Å². The summed E-state index contributed by atoms with van der Waals surface area (Å²) in [5.41, 5.74) is 4.89. The van der Waals surface area contributed by atoms with Crippen LogP contribution >= 0.6 is 11.8 Å². The zero-order chi connectivity index (χ0) is 22.7. The van der Waals surface area contributed by atoms with Gasteiger partial charge < -0.3 is 10.4 Å². The third-order valence-electron chi connectivity index (χ3n) is 4.91. The molecule has 0 spiro atoms. The Bertz CT molecular complexity index is 1180. The van der Waals surface area contributed by atoms with Gasteiger partial charge in [-0.25, -0.2) is 9.97 Å².